The predicted molar refractivity (Wildman–Crippen MR) is 108 cm³/mol. The number of amides is 2. The standard InChI is InChI=1S/C10H19NO.C9H17NO.2CH4/c1-7(2)8-5-6-10(3,4)11-9(8)12;1-6(2)7-5-9(3,4)10-8(7)11;;/h7-8H,5-6H2,1-4H3,(H,11,12);6-7H,5H2,1-4H3,(H,10,11);2*1H4. The Morgan fingerprint density at radius 3 is 1.48 bits per heavy atom. The third-order valence-corrected chi connectivity index (χ3v) is 5.02. The van der Waals surface area contributed by atoms with Gasteiger partial charge >= 0.3 is 0 Å². The van der Waals surface area contributed by atoms with Gasteiger partial charge in [-0.2, -0.15) is 0 Å². The van der Waals surface area contributed by atoms with Crippen LogP contribution in [-0.2, 0) is 9.59 Å². The summed E-state index contributed by atoms with van der Waals surface area (Å²) in [6.45, 7) is 16.8. The summed E-state index contributed by atoms with van der Waals surface area (Å²) in [7, 11) is 0. The van der Waals surface area contributed by atoms with Crippen LogP contribution in [0.4, 0.5) is 0 Å². The fourth-order valence-electron chi connectivity index (χ4n) is 3.43. The average molecular weight is 357 g/mol. The lowest BCUT2D eigenvalue weighted by molar-refractivity contribution is -0.130. The van der Waals surface area contributed by atoms with Crippen molar-refractivity contribution < 1.29 is 9.59 Å². The number of carbonyl (C=O) groups is 2. The zero-order valence-electron chi connectivity index (χ0n) is 16.2. The maximum absolute atomic E-state index is 11.5. The van der Waals surface area contributed by atoms with E-state index in [1.165, 1.54) is 0 Å². The molecule has 2 saturated heterocycles. The lowest BCUT2D eigenvalue weighted by Crippen LogP contribution is -2.51. The van der Waals surface area contributed by atoms with E-state index in [0.29, 0.717) is 11.8 Å². The van der Waals surface area contributed by atoms with Crippen molar-refractivity contribution in [2.75, 3.05) is 0 Å². The second-order valence-electron chi connectivity index (χ2n) is 9.19. The minimum absolute atomic E-state index is 0. The molecule has 0 aromatic rings. The molecule has 0 aromatic carbocycles. The fraction of sp³-hybridized carbons (Fsp3) is 0.905. The molecule has 0 bridgehead atoms. The van der Waals surface area contributed by atoms with Crippen LogP contribution >= 0.6 is 0 Å². The van der Waals surface area contributed by atoms with Gasteiger partial charge in [-0.3, -0.25) is 9.59 Å². The molecule has 2 aliphatic rings. The van der Waals surface area contributed by atoms with E-state index in [0.717, 1.165) is 19.3 Å². The van der Waals surface area contributed by atoms with Gasteiger partial charge in [-0.05, 0) is 58.8 Å². The normalized spacial score (nSPS) is 26.6. The van der Waals surface area contributed by atoms with Crippen molar-refractivity contribution in [1.29, 1.82) is 0 Å². The molecule has 150 valence electrons. The third-order valence-electron chi connectivity index (χ3n) is 5.02. The van der Waals surface area contributed by atoms with Crippen LogP contribution in [0.3, 0.4) is 0 Å². The Labute approximate surface area is 156 Å². The van der Waals surface area contributed by atoms with Crippen molar-refractivity contribution >= 4 is 11.8 Å². The summed E-state index contributed by atoms with van der Waals surface area (Å²) in [5, 5.41) is 6.03. The minimum Gasteiger partial charge on any atom is -0.351 e. The van der Waals surface area contributed by atoms with E-state index < -0.39 is 0 Å². The molecule has 4 nitrogen and oxygen atoms in total. The van der Waals surface area contributed by atoms with E-state index in [4.69, 9.17) is 0 Å². The van der Waals surface area contributed by atoms with Gasteiger partial charge in [0.05, 0.1) is 0 Å². The van der Waals surface area contributed by atoms with Crippen molar-refractivity contribution in [3.05, 3.63) is 0 Å². The van der Waals surface area contributed by atoms with E-state index in [9.17, 15) is 9.59 Å². The summed E-state index contributed by atoms with van der Waals surface area (Å²) in [4.78, 5) is 22.9. The van der Waals surface area contributed by atoms with E-state index in [2.05, 4.69) is 66.0 Å². The van der Waals surface area contributed by atoms with Crippen molar-refractivity contribution in [2.24, 2.45) is 23.7 Å². The van der Waals surface area contributed by atoms with Gasteiger partial charge in [0.25, 0.3) is 0 Å². The topological polar surface area (TPSA) is 58.2 Å². The summed E-state index contributed by atoms with van der Waals surface area (Å²) < 4.78 is 0. The lowest BCUT2D eigenvalue weighted by atomic mass is 9.81. The Morgan fingerprint density at radius 2 is 1.20 bits per heavy atom. The van der Waals surface area contributed by atoms with E-state index in [-0.39, 0.29) is 49.6 Å². The van der Waals surface area contributed by atoms with E-state index >= 15 is 0 Å². The second kappa shape index (κ2) is 9.59. The molecular formula is C21H44N2O2. The van der Waals surface area contributed by atoms with Crippen LogP contribution in [-0.4, -0.2) is 22.9 Å². The van der Waals surface area contributed by atoms with Gasteiger partial charge in [0.1, 0.15) is 0 Å². The molecule has 2 heterocycles. The molecule has 0 spiro atoms. The summed E-state index contributed by atoms with van der Waals surface area (Å²) in [5.74, 6) is 1.87. The maximum atomic E-state index is 11.5. The smallest absolute Gasteiger partial charge is 0.223 e. The zero-order valence-corrected chi connectivity index (χ0v) is 16.2. The molecule has 0 aliphatic carbocycles. The lowest BCUT2D eigenvalue weighted by Gasteiger charge is -2.36. The summed E-state index contributed by atoms with van der Waals surface area (Å²) in [6.07, 6.45) is 3.11. The molecule has 2 N–H and O–H groups in total. The van der Waals surface area contributed by atoms with E-state index in [1.807, 2.05) is 0 Å². The third kappa shape index (κ3) is 7.79. The van der Waals surface area contributed by atoms with Crippen LogP contribution in [0.1, 0.15) is 89.5 Å². The fourth-order valence-corrected chi connectivity index (χ4v) is 3.43. The highest BCUT2D eigenvalue weighted by Crippen LogP contribution is 2.29. The monoisotopic (exact) mass is 356 g/mol. The second-order valence-corrected chi connectivity index (χ2v) is 9.19. The van der Waals surface area contributed by atoms with Crippen molar-refractivity contribution in [3.63, 3.8) is 0 Å². The summed E-state index contributed by atoms with van der Waals surface area (Å²) in [6, 6.07) is 0. The molecule has 0 aromatic heterocycles. The van der Waals surface area contributed by atoms with Crippen LogP contribution in [0.25, 0.3) is 0 Å². The van der Waals surface area contributed by atoms with Crippen LogP contribution < -0.4 is 10.6 Å². The Morgan fingerprint density at radius 1 is 0.800 bits per heavy atom. The van der Waals surface area contributed by atoms with Crippen LogP contribution in [0.5, 0.6) is 0 Å². The van der Waals surface area contributed by atoms with Crippen molar-refractivity contribution in [3.8, 4) is 0 Å². The molecule has 0 saturated carbocycles. The predicted octanol–water partition coefficient (Wildman–Crippen LogP) is 4.78. The highest BCUT2D eigenvalue weighted by Gasteiger charge is 2.38. The van der Waals surface area contributed by atoms with Gasteiger partial charge < -0.3 is 10.6 Å². The number of hydrogen-bond acceptors (Lipinski definition) is 2. The van der Waals surface area contributed by atoms with Gasteiger partial charge in [0.15, 0.2) is 0 Å². The molecule has 2 fully saturated rings. The van der Waals surface area contributed by atoms with Crippen LogP contribution in [0.2, 0.25) is 0 Å². The molecule has 4 heteroatoms. The first-order valence-electron chi connectivity index (χ1n) is 8.99. The quantitative estimate of drug-likeness (QED) is 0.748. The molecule has 0 radical (unpaired) electrons. The van der Waals surface area contributed by atoms with Crippen LogP contribution in [0, 0.1) is 23.7 Å². The molecule has 2 atom stereocenters. The first kappa shape index (κ1) is 26.2. The number of nitrogens with one attached hydrogen (secondary N) is 2. The van der Waals surface area contributed by atoms with E-state index in [1.54, 1.807) is 0 Å². The zero-order chi connectivity index (χ0) is 18.0. The molecule has 2 unspecified atom stereocenters. The van der Waals surface area contributed by atoms with Crippen LogP contribution in [0.15, 0.2) is 0 Å². The number of carbonyl (C=O) groups excluding carboxylic acids is 2. The molecule has 2 aliphatic heterocycles. The SMILES string of the molecule is C.C.CC(C)C1CC(C)(C)NC1=O.CC(C)C1CCC(C)(C)NC1=O. The first-order chi connectivity index (χ1) is 10.3. The largest absolute Gasteiger partial charge is 0.351 e. The Bertz CT molecular complexity index is 439. The highest BCUT2D eigenvalue weighted by atomic mass is 16.2. The molecule has 2 amide bonds. The average Bonchev–Trinajstić information content (AvgIpc) is 2.61. The van der Waals surface area contributed by atoms with Gasteiger partial charge in [0.2, 0.25) is 11.8 Å². The Hall–Kier alpha value is -1.06. The maximum Gasteiger partial charge on any atom is 0.223 e. The van der Waals surface area contributed by atoms with Gasteiger partial charge in [0, 0.05) is 22.9 Å². The minimum atomic E-state index is 0. The molecule has 2 rings (SSSR count). The summed E-state index contributed by atoms with van der Waals surface area (Å²) in [5.41, 5.74) is 0.0362. The van der Waals surface area contributed by atoms with Gasteiger partial charge in [-0.1, -0.05) is 42.5 Å². The summed E-state index contributed by atoms with van der Waals surface area (Å²) >= 11 is 0. The van der Waals surface area contributed by atoms with Gasteiger partial charge in [-0.25, -0.2) is 0 Å². The Balaban J connectivity index is 0. The first-order valence-corrected chi connectivity index (χ1v) is 8.99. The van der Waals surface area contributed by atoms with Crippen molar-refractivity contribution in [1.82, 2.24) is 10.6 Å². The van der Waals surface area contributed by atoms with Crippen molar-refractivity contribution in [2.45, 2.75) is 101 Å². The highest BCUT2D eigenvalue weighted by molar-refractivity contribution is 5.82. The number of piperidine rings is 1. The number of rotatable bonds is 2. The molecular weight excluding hydrogens is 312 g/mol. The van der Waals surface area contributed by atoms with Gasteiger partial charge in [-0.15, -0.1) is 0 Å². The molecule has 25 heavy (non-hydrogen) atoms. The number of hydrogen-bond donors (Lipinski definition) is 2. The Kier molecular flexibility index (Phi) is 10.0.